The second-order valence-corrected chi connectivity index (χ2v) is 5.60. The molecule has 0 aliphatic rings. The van der Waals surface area contributed by atoms with Crippen LogP contribution in [0.3, 0.4) is 0 Å². The zero-order chi connectivity index (χ0) is 16.8. The molecule has 0 aliphatic heterocycles. The van der Waals surface area contributed by atoms with Crippen LogP contribution in [-0.2, 0) is 6.61 Å². The van der Waals surface area contributed by atoms with Crippen molar-refractivity contribution >= 4 is 23.2 Å². The predicted molar refractivity (Wildman–Crippen MR) is 96.6 cm³/mol. The summed E-state index contributed by atoms with van der Waals surface area (Å²) in [6, 6.07) is 24.0. The van der Waals surface area contributed by atoms with Crippen LogP contribution in [0.2, 0.25) is 5.02 Å². The molecule has 4 heteroatoms. The number of amides is 1. The zero-order valence-corrected chi connectivity index (χ0v) is 13.7. The molecule has 0 aromatic heterocycles. The van der Waals surface area contributed by atoms with Gasteiger partial charge in [0.25, 0.3) is 5.91 Å². The second-order valence-electron chi connectivity index (χ2n) is 5.19. The normalized spacial score (nSPS) is 10.2. The highest BCUT2D eigenvalue weighted by Crippen LogP contribution is 2.22. The monoisotopic (exact) mass is 337 g/mol. The van der Waals surface area contributed by atoms with E-state index in [1.165, 1.54) is 0 Å². The van der Waals surface area contributed by atoms with E-state index in [-0.39, 0.29) is 5.91 Å². The lowest BCUT2D eigenvalue weighted by molar-refractivity contribution is 0.102. The van der Waals surface area contributed by atoms with Gasteiger partial charge in [0.2, 0.25) is 0 Å². The van der Waals surface area contributed by atoms with Crippen LogP contribution in [0.25, 0.3) is 0 Å². The number of anilines is 1. The molecule has 3 nitrogen and oxygen atoms in total. The lowest BCUT2D eigenvalue weighted by Crippen LogP contribution is -2.15. The van der Waals surface area contributed by atoms with Crippen LogP contribution in [0.5, 0.6) is 5.75 Å². The molecule has 0 fully saturated rings. The van der Waals surface area contributed by atoms with E-state index in [9.17, 15) is 4.79 Å². The van der Waals surface area contributed by atoms with Crippen molar-refractivity contribution in [2.75, 3.05) is 5.32 Å². The summed E-state index contributed by atoms with van der Waals surface area (Å²) in [6.07, 6.45) is 0. The van der Waals surface area contributed by atoms with Crippen LogP contribution in [0, 0.1) is 0 Å². The van der Waals surface area contributed by atoms with E-state index < -0.39 is 0 Å². The van der Waals surface area contributed by atoms with E-state index in [1.54, 1.807) is 18.2 Å². The number of ether oxygens (including phenoxy) is 1. The quantitative estimate of drug-likeness (QED) is 0.697. The van der Waals surface area contributed by atoms with Crippen molar-refractivity contribution < 1.29 is 9.53 Å². The van der Waals surface area contributed by atoms with Crippen molar-refractivity contribution in [2.45, 2.75) is 6.61 Å². The number of hydrogen-bond donors (Lipinski definition) is 1. The van der Waals surface area contributed by atoms with Gasteiger partial charge in [0.1, 0.15) is 12.4 Å². The highest BCUT2D eigenvalue weighted by molar-refractivity contribution is 6.33. The summed E-state index contributed by atoms with van der Waals surface area (Å²) in [5.74, 6) is 0.550. The maximum absolute atomic E-state index is 12.6. The lowest BCUT2D eigenvalue weighted by Gasteiger charge is -2.12. The summed E-state index contributed by atoms with van der Waals surface area (Å²) in [4.78, 5) is 12.6. The van der Waals surface area contributed by atoms with E-state index in [2.05, 4.69) is 5.32 Å². The van der Waals surface area contributed by atoms with Gasteiger partial charge in [-0.15, -0.1) is 0 Å². The van der Waals surface area contributed by atoms with Gasteiger partial charge in [-0.3, -0.25) is 4.79 Å². The van der Waals surface area contributed by atoms with Crippen LogP contribution in [0.1, 0.15) is 15.9 Å². The molecule has 0 saturated carbocycles. The van der Waals surface area contributed by atoms with Crippen LogP contribution < -0.4 is 10.1 Å². The number of nitrogens with one attached hydrogen (secondary N) is 1. The summed E-state index contributed by atoms with van der Waals surface area (Å²) in [5, 5.41) is 3.34. The standard InChI is InChI=1S/C20H16ClNO2/c21-18-12-6-7-13-19(18)22-20(23)17-11-5-4-8-15(17)14-24-16-9-2-1-3-10-16/h1-13H,14H2,(H,22,23). The number of halogens is 1. The molecule has 0 radical (unpaired) electrons. The third kappa shape index (κ3) is 3.94. The molecule has 0 heterocycles. The van der Waals surface area contributed by atoms with Crippen molar-refractivity contribution in [3.05, 3.63) is 95.0 Å². The van der Waals surface area contributed by atoms with Crippen LogP contribution >= 0.6 is 11.6 Å². The third-order valence-corrected chi connectivity index (χ3v) is 3.85. The highest BCUT2D eigenvalue weighted by atomic mass is 35.5. The first-order chi connectivity index (χ1) is 11.7. The largest absolute Gasteiger partial charge is 0.489 e. The first-order valence-corrected chi connectivity index (χ1v) is 7.93. The highest BCUT2D eigenvalue weighted by Gasteiger charge is 2.12. The summed E-state index contributed by atoms with van der Waals surface area (Å²) in [7, 11) is 0. The maximum atomic E-state index is 12.6. The molecule has 0 aliphatic carbocycles. The fraction of sp³-hybridized carbons (Fsp3) is 0.0500. The van der Waals surface area contributed by atoms with Crippen LogP contribution in [0.4, 0.5) is 5.69 Å². The Morgan fingerprint density at radius 1 is 0.875 bits per heavy atom. The number of para-hydroxylation sites is 2. The van der Waals surface area contributed by atoms with E-state index in [0.717, 1.165) is 11.3 Å². The van der Waals surface area contributed by atoms with Crippen LogP contribution in [-0.4, -0.2) is 5.91 Å². The molecule has 24 heavy (non-hydrogen) atoms. The molecular formula is C20H16ClNO2. The SMILES string of the molecule is O=C(Nc1ccccc1Cl)c1ccccc1COc1ccccc1. The molecule has 1 amide bonds. The molecule has 3 rings (SSSR count). The number of rotatable bonds is 5. The van der Waals surface area contributed by atoms with Crippen molar-refractivity contribution in [2.24, 2.45) is 0 Å². The van der Waals surface area contributed by atoms with Crippen molar-refractivity contribution in [3.63, 3.8) is 0 Å². The first-order valence-electron chi connectivity index (χ1n) is 7.55. The Kier molecular flexibility index (Phi) is 5.14. The first kappa shape index (κ1) is 16.1. The molecule has 1 N–H and O–H groups in total. The Hall–Kier alpha value is -2.78. The number of hydrogen-bond acceptors (Lipinski definition) is 2. The van der Waals surface area contributed by atoms with Gasteiger partial charge in [-0.1, -0.05) is 60.1 Å². The second kappa shape index (κ2) is 7.66. The van der Waals surface area contributed by atoms with Crippen molar-refractivity contribution in [1.82, 2.24) is 0 Å². The minimum Gasteiger partial charge on any atom is -0.489 e. The minimum atomic E-state index is -0.213. The van der Waals surface area contributed by atoms with Gasteiger partial charge in [0.15, 0.2) is 0 Å². The molecule has 0 unspecified atom stereocenters. The Morgan fingerprint density at radius 2 is 1.54 bits per heavy atom. The van der Waals surface area contributed by atoms with Gasteiger partial charge in [-0.05, 0) is 30.3 Å². The summed E-state index contributed by atoms with van der Waals surface area (Å²) in [6.45, 7) is 0.316. The minimum absolute atomic E-state index is 0.213. The predicted octanol–water partition coefficient (Wildman–Crippen LogP) is 5.17. The van der Waals surface area contributed by atoms with E-state index >= 15 is 0 Å². The third-order valence-electron chi connectivity index (χ3n) is 3.52. The Morgan fingerprint density at radius 3 is 2.33 bits per heavy atom. The van der Waals surface area contributed by atoms with Gasteiger partial charge in [-0.25, -0.2) is 0 Å². The molecule has 120 valence electrons. The van der Waals surface area contributed by atoms with E-state index in [4.69, 9.17) is 16.3 Å². The molecule has 3 aromatic rings. The average Bonchev–Trinajstić information content (AvgIpc) is 2.63. The van der Waals surface area contributed by atoms with E-state index in [0.29, 0.717) is 22.9 Å². The Bertz CT molecular complexity index is 834. The molecule has 0 spiro atoms. The summed E-state index contributed by atoms with van der Waals surface area (Å²) >= 11 is 6.10. The summed E-state index contributed by atoms with van der Waals surface area (Å²) < 4.78 is 5.75. The summed E-state index contributed by atoms with van der Waals surface area (Å²) in [5.41, 5.74) is 1.96. The lowest BCUT2D eigenvalue weighted by atomic mass is 10.1. The van der Waals surface area contributed by atoms with Gasteiger partial charge in [-0.2, -0.15) is 0 Å². The zero-order valence-electron chi connectivity index (χ0n) is 12.9. The van der Waals surface area contributed by atoms with Crippen molar-refractivity contribution in [3.8, 4) is 5.75 Å². The molecular weight excluding hydrogens is 322 g/mol. The molecule has 0 bridgehead atoms. The topological polar surface area (TPSA) is 38.3 Å². The molecule has 0 saturated heterocycles. The van der Waals surface area contributed by atoms with Gasteiger partial charge in [0.05, 0.1) is 10.7 Å². The molecule has 3 aromatic carbocycles. The number of benzene rings is 3. The Labute approximate surface area is 145 Å². The Balaban J connectivity index is 1.76. The van der Waals surface area contributed by atoms with Gasteiger partial charge in [0, 0.05) is 11.1 Å². The van der Waals surface area contributed by atoms with E-state index in [1.807, 2.05) is 60.7 Å². The fourth-order valence-electron chi connectivity index (χ4n) is 2.30. The number of carbonyl (C=O) groups excluding carboxylic acids is 1. The van der Waals surface area contributed by atoms with Crippen LogP contribution in [0.15, 0.2) is 78.9 Å². The smallest absolute Gasteiger partial charge is 0.256 e. The number of carbonyl (C=O) groups is 1. The maximum Gasteiger partial charge on any atom is 0.256 e. The van der Waals surface area contributed by atoms with Gasteiger partial charge < -0.3 is 10.1 Å². The van der Waals surface area contributed by atoms with Crippen molar-refractivity contribution in [1.29, 1.82) is 0 Å². The fourth-order valence-corrected chi connectivity index (χ4v) is 2.48. The molecule has 0 atom stereocenters. The van der Waals surface area contributed by atoms with Gasteiger partial charge >= 0.3 is 0 Å². The average molecular weight is 338 g/mol.